The van der Waals surface area contributed by atoms with Crippen molar-refractivity contribution in [1.29, 1.82) is 0 Å². The molecule has 20 heavy (non-hydrogen) atoms. The van der Waals surface area contributed by atoms with E-state index in [4.69, 9.17) is 0 Å². The molecule has 0 aromatic rings. The lowest BCUT2D eigenvalue weighted by Crippen LogP contribution is -1.91. The van der Waals surface area contributed by atoms with Crippen molar-refractivity contribution in [2.45, 2.75) is 105 Å². The van der Waals surface area contributed by atoms with E-state index in [2.05, 4.69) is 39.5 Å². The van der Waals surface area contributed by atoms with Crippen molar-refractivity contribution in [1.82, 2.24) is 0 Å². The van der Waals surface area contributed by atoms with Gasteiger partial charge in [0.15, 0.2) is 0 Å². The predicted octanol–water partition coefficient (Wildman–Crippen LogP) is 7.05. The minimum atomic E-state index is 1.08. The van der Waals surface area contributed by atoms with Crippen molar-refractivity contribution in [3.05, 3.63) is 11.1 Å². The second-order valence-corrected chi connectivity index (χ2v) is 5.76. The van der Waals surface area contributed by atoms with Crippen molar-refractivity contribution in [2.24, 2.45) is 0 Å². The predicted molar refractivity (Wildman–Crippen MR) is 92.9 cm³/mol. The smallest absolute Gasteiger partial charge is 0.00923 e. The molecule has 0 aromatic heterocycles. The van der Waals surface area contributed by atoms with Crippen LogP contribution in [0, 0.1) is 11.8 Å². The normalized spacial score (nSPS) is 11.8. The van der Waals surface area contributed by atoms with Gasteiger partial charge in [-0.15, -0.1) is 0 Å². The van der Waals surface area contributed by atoms with Crippen molar-refractivity contribution in [3.8, 4) is 11.8 Å². The second-order valence-electron chi connectivity index (χ2n) is 5.76. The van der Waals surface area contributed by atoms with Crippen molar-refractivity contribution >= 4 is 0 Å². The van der Waals surface area contributed by atoms with Gasteiger partial charge in [-0.3, -0.25) is 0 Å². The SMILES string of the molecule is CCCCCCC#C/C(CCCC)=C(\CC)CCCC. The molecule has 0 fully saturated rings. The fourth-order valence-corrected chi connectivity index (χ4v) is 2.42. The zero-order valence-electron chi connectivity index (χ0n) is 14.5. The highest BCUT2D eigenvalue weighted by Crippen LogP contribution is 2.20. The Balaban J connectivity index is 4.51. The molecule has 0 nitrogen and oxygen atoms in total. The average molecular weight is 277 g/mol. The fourth-order valence-electron chi connectivity index (χ4n) is 2.42. The van der Waals surface area contributed by atoms with Gasteiger partial charge < -0.3 is 0 Å². The van der Waals surface area contributed by atoms with Crippen LogP contribution in [-0.4, -0.2) is 0 Å². The maximum Gasteiger partial charge on any atom is 0.00923 e. The van der Waals surface area contributed by atoms with Crippen LogP contribution >= 0.6 is 0 Å². The Morgan fingerprint density at radius 2 is 1.35 bits per heavy atom. The number of hydrogen-bond donors (Lipinski definition) is 0. The Kier molecular flexibility index (Phi) is 14.2. The van der Waals surface area contributed by atoms with E-state index >= 15 is 0 Å². The van der Waals surface area contributed by atoms with E-state index in [0.717, 1.165) is 6.42 Å². The summed E-state index contributed by atoms with van der Waals surface area (Å²) >= 11 is 0. The molecule has 0 rings (SSSR count). The molecule has 0 aliphatic carbocycles. The first-order chi connectivity index (χ1) is 9.79. The first kappa shape index (κ1) is 19.3. The van der Waals surface area contributed by atoms with Crippen LogP contribution in [-0.2, 0) is 0 Å². The average Bonchev–Trinajstić information content (AvgIpc) is 2.47. The van der Waals surface area contributed by atoms with Crippen molar-refractivity contribution < 1.29 is 0 Å². The fraction of sp³-hybridized carbons (Fsp3) is 0.800. The van der Waals surface area contributed by atoms with Crippen LogP contribution < -0.4 is 0 Å². The van der Waals surface area contributed by atoms with Gasteiger partial charge in [0.1, 0.15) is 0 Å². The molecule has 0 N–H and O–H groups in total. The zero-order chi connectivity index (χ0) is 15.1. The third kappa shape index (κ3) is 10.1. The highest BCUT2D eigenvalue weighted by Gasteiger charge is 2.02. The molecule has 0 aromatic carbocycles. The van der Waals surface area contributed by atoms with Crippen molar-refractivity contribution in [3.63, 3.8) is 0 Å². The molecule has 0 saturated heterocycles. The van der Waals surface area contributed by atoms with E-state index < -0.39 is 0 Å². The van der Waals surface area contributed by atoms with E-state index in [1.165, 1.54) is 76.2 Å². The summed E-state index contributed by atoms with van der Waals surface area (Å²) in [7, 11) is 0. The van der Waals surface area contributed by atoms with E-state index in [9.17, 15) is 0 Å². The summed E-state index contributed by atoms with van der Waals surface area (Å²) in [4.78, 5) is 0. The number of rotatable bonds is 11. The molecule has 0 aliphatic heterocycles. The topological polar surface area (TPSA) is 0 Å². The summed E-state index contributed by atoms with van der Waals surface area (Å²) in [6, 6.07) is 0. The van der Waals surface area contributed by atoms with Crippen LogP contribution in [0.5, 0.6) is 0 Å². The Hall–Kier alpha value is -0.700. The highest BCUT2D eigenvalue weighted by atomic mass is 14.1. The highest BCUT2D eigenvalue weighted by molar-refractivity contribution is 5.33. The van der Waals surface area contributed by atoms with Gasteiger partial charge in [-0.25, -0.2) is 0 Å². The minimum absolute atomic E-state index is 1.08. The number of unbranched alkanes of at least 4 members (excludes halogenated alkanes) is 6. The quantitative estimate of drug-likeness (QED) is 0.280. The lowest BCUT2D eigenvalue weighted by atomic mass is 9.96. The zero-order valence-corrected chi connectivity index (χ0v) is 14.5. The minimum Gasteiger partial charge on any atom is -0.0982 e. The Morgan fingerprint density at radius 3 is 1.95 bits per heavy atom. The van der Waals surface area contributed by atoms with Crippen LogP contribution in [0.1, 0.15) is 105 Å². The van der Waals surface area contributed by atoms with Gasteiger partial charge in [0.05, 0.1) is 0 Å². The van der Waals surface area contributed by atoms with Crippen LogP contribution in [0.25, 0.3) is 0 Å². The molecule has 0 spiro atoms. The Labute approximate surface area is 128 Å². The first-order valence-corrected chi connectivity index (χ1v) is 8.99. The van der Waals surface area contributed by atoms with Gasteiger partial charge in [-0.1, -0.05) is 77.2 Å². The maximum atomic E-state index is 3.52. The molecule has 0 heterocycles. The van der Waals surface area contributed by atoms with Gasteiger partial charge >= 0.3 is 0 Å². The molecule has 0 bridgehead atoms. The molecule has 0 radical (unpaired) electrons. The van der Waals surface area contributed by atoms with Crippen LogP contribution in [0.15, 0.2) is 11.1 Å². The summed E-state index contributed by atoms with van der Waals surface area (Å²) in [5.74, 6) is 6.96. The first-order valence-electron chi connectivity index (χ1n) is 8.99. The lowest BCUT2D eigenvalue weighted by Gasteiger charge is -2.09. The third-order valence-corrected chi connectivity index (χ3v) is 3.86. The third-order valence-electron chi connectivity index (χ3n) is 3.86. The van der Waals surface area contributed by atoms with E-state index in [0.29, 0.717) is 0 Å². The summed E-state index contributed by atoms with van der Waals surface area (Å²) in [5, 5.41) is 0. The molecule has 0 aliphatic rings. The summed E-state index contributed by atoms with van der Waals surface area (Å²) in [6.45, 7) is 9.10. The van der Waals surface area contributed by atoms with Gasteiger partial charge in [0.2, 0.25) is 0 Å². The maximum absolute atomic E-state index is 3.52. The van der Waals surface area contributed by atoms with Gasteiger partial charge in [0, 0.05) is 12.0 Å². The Morgan fingerprint density at radius 1 is 0.700 bits per heavy atom. The van der Waals surface area contributed by atoms with Crippen molar-refractivity contribution in [2.75, 3.05) is 0 Å². The summed E-state index contributed by atoms with van der Waals surface area (Å²) in [5.41, 5.74) is 3.10. The Bertz CT molecular complexity index is 298. The molecule has 0 heteroatoms. The molecule has 0 unspecified atom stereocenters. The molecule has 0 amide bonds. The van der Waals surface area contributed by atoms with Gasteiger partial charge in [0.25, 0.3) is 0 Å². The monoisotopic (exact) mass is 276 g/mol. The molecular weight excluding hydrogens is 240 g/mol. The second kappa shape index (κ2) is 14.7. The van der Waals surface area contributed by atoms with Gasteiger partial charge in [-0.05, 0) is 38.5 Å². The largest absolute Gasteiger partial charge is 0.0982 e. The lowest BCUT2D eigenvalue weighted by molar-refractivity contribution is 0.679. The molecule has 116 valence electrons. The van der Waals surface area contributed by atoms with Gasteiger partial charge in [-0.2, -0.15) is 0 Å². The van der Waals surface area contributed by atoms with Crippen LogP contribution in [0.3, 0.4) is 0 Å². The molecule has 0 saturated carbocycles. The van der Waals surface area contributed by atoms with E-state index in [1.807, 2.05) is 0 Å². The number of hydrogen-bond acceptors (Lipinski definition) is 0. The van der Waals surface area contributed by atoms with E-state index in [-0.39, 0.29) is 0 Å². The van der Waals surface area contributed by atoms with Crippen LogP contribution in [0.2, 0.25) is 0 Å². The molecule has 0 atom stereocenters. The summed E-state index contributed by atoms with van der Waals surface area (Å²) in [6.07, 6.45) is 15.2. The standard InChI is InChI=1S/C20H36/c1-5-9-12-13-14-15-18-20(17-11-7-3)19(8-4)16-10-6-2/h5-14,16-17H2,1-4H3/b20-19+. The van der Waals surface area contributed by atoms with E-state index in [1.54, 1.807) is 5.57 Å². The number of allylic oxidation sites excluding steroid dienone is 2. The van der Waals surface area contributed by atoms with Crippen LogP contribution in [0.4, 0.5) is 0 Å². The molecular formula is C20H36. The summed E-state index contributed by atoms with van der Waals surface area (Å²) < 4.78 is 0.